The molecule has 0 amide bonds. The SMILES string of the molecule is CC1(C)CCC(Oc2c[c]ccc2)CC1. The number of rotatable bonds is 2. The van der Waals surface area contributed by atoms with Crippen LogP contribution < -0.4 is 4.74 Å². The van der Waals surface area contributed by atoms with E-state index in [1.54, 1.807) is 0 Å². The summed E-state index contributed by atoms with van der Waals surface area (Å²) in [6.45, 7) is 4.69. The normalized spacial score (nSPS) is 21.2. The lowest BCUT2D eigenvalue weighted by molar-refractivity contribution is 0.0987. The Labute approximate surface area is 92.5 Å². The highest BCUT2D eigenvalue weighted by molar-refractivity contribution is 5.20. The first-order valence-electron chi connectivity index (χ1n) is 5.78. The van der Waals surface area contributed by atoms with Crippen molar-refractivity contribution in [2.24, 2.45) is 5.41 Å². The van der Waals surface area contributed by atoms with E-state index in [0.717, 1.165) is 5.75 Å². The van der Waals surface area contributed by atoms with Crippen LogP contribution in [-0.2, 0) is 0 Å². The molecule has 0 bridgehead atoms. The third-order valence-corrected chi connectivity index (χ3v) is 3.27. The van der Waals surface area contributed by atoms with Gasteiger partial charge in [-0.05, 0) is 49.3 Å². The molecule has 1 heteroatoms. The third-order valence-electron chi connectivity index (χ3n) is 3.27. The molecule has 1 fully saturated rings. The first-order valence-corrected chi connectivity index (χ1v) is 5.78. The van der Waals surface area contributed by atoms with Crippen molar-refractivity contribution in [3.63, 3.8) is 0 Å². The van der Waals surface area contributed by atoms with Gasteiger partial charge in [-0.2, -0.15) is 0 Å². The Bertz CT molecular complexity index is 292. The van der Waals surface area contributed by atoms with E-state index in [2.05, 4.69) is 19.9 Å². The van der Waals surface area contributed by atoms with Gasteiger partial charge in [-0.15, -0.1) is 0 Å². The summed E-state index contributed by atoms with van der Waals surface area (Å²) >= 11 is 0. The maximum absolute atomic E-state index is 5.92. The largest absolute Gasteiger partial charge is 0.490 e. The molecule has 2 rings (SSSR count). The highest BCUT2D eigenvalue weighted by atomic mass is 16.5. The van der Waals surface area contributed by atoms with E-state index in [-0.39, 0.29) is 0 Å². The minimum Gasteiger partial charge on any atom is -0.490 e. The fourth-order valence-electron chi connectivity index (χ4n) is 2.13. The second-order valence-electron chi connectivity index (χ2n) is 5.22. The van der Waals surface area contributed by atoms with Gasteiger partial charge in [-0.25, -0.2) is 0 Å². The van der Waals surface area contributed by atoms with Crippen molar-refractivity contribution in [1.29, 1.82) is 0 Å². The van der Waals surface area contributed by atoms with Gasteiger partial charge >= 0.3 is 0 Å². The summed E-state index contributed by atoms with van der Waals surface area (Å²) in [5.74, 6) is 0.960. The van der Waals surface area contributed by atoms with Gasteiger partial charge in [0.2, 0.25) is 0 Å². The predicted molar refractivity (Wildman–Crippen MR) is 61.9 cm³/mol. The molecule has 0 atom stereocenters. The Hall–Kier alpha value is -0.980. The average molecular weight is 203 g/mol. The Morgan fingerprint density at radius 1 is 1.33 bits per heavy atom. The van der Waals surface area contributed by atoms with E-state index >= 15 is 0 Å². The molecule has 1 saturated carbocycles. The van der Waals surface area contributed by atoms with E-state index in [0.29, 0.717) is 11.5 Å². The first kappa shape index (κ1) is 10.5. The summed E-state index contributed by atoms with van der Waals surface area (Å²) in [6.07, 6.45) is 5.32. The Kier molecular flexibility index (Phi) is 2.99. The van der Waals surface area contributed by atoms with Crippen LogP contribution in [0.5, 0.6) is 5.75 Å². The number of ether oxygens (including phenoxy) is 1. The molecule has 0 N–H and O–H groups in total. The van der Waals surface area contributed by atoms with Crippen molar-refractivity contribution >= 4 is 0 Å². The molecule has 0 aromatic heterocycles. The van der Waals surface area contributed by atoms with Gasteiger partial charge in [-0.1, -0.05) is 26.0 Å². The summed E-state index contributed by atoms with van der Waals surface area (Å²) in [5.41, 5.74) is 0.517. The van der Waals surface area contributed by atoms with Gasteiger partial charge < -0.3 is 4.74 Å². The number of benzene rings is 1. The third kappa shape index (κ3) is 2.98. The molecule has 0 saturated heterocycles. The molecule has 1 aliphatic carbocycles. The van der Waals surface area contributed by atoms with Crippen LogP contribution in [-0.4, -0.2) is 6.10 Å². The van der Waals surface area contributed by atoms with Crippen LogP contribution in [0, 0.1) is 11.5 Å². The van der Waals surface area contributed by atoms with Gasteiger partial charge in [0.05, 0.1) is 6.10 Å². The van der Waals surface area contributed by atoms with E-state index in [1.807, 2.05) is 24.3 Å². The fourth-order valence-corrected chi connectivity index (χ4v) is 2.13. The zero-order valence-electron chi connectivity index (χ0n) is 9.62. The lowest BCUT2D eigenvalue weighted by Crippen LogP contribution is -2.28. The van der Waals surface area contributed by atoms with Crippen molar-refractivity contribution in [1.82, 2.24) is 0 Å². The second kappa shape index (κ2) is 4.26. The van der Waals surface area contributed by atoms with Crippen molar-refractivity contribution in [2.45, 2.75) is 45.6 Å². The second-order valence-corrected chi connectivity index (χ2v) is 5.22. The molecule has 0 heterocycles. The molecule has 1 aromatic rings. The maximum Gasteiger partial charge on any atom is 0.120 e. The Morgan fingerprint density at radius 3 is 2.67 bits per heavy atom. The zero-order valence-corrected chi connectivity index (χ0v) is 9.62. The van der Waals surface area contributed by atoms with Gasteiger partial charge in [0.15, 0.2) is 0 Å². The van der Waals surface area contributed by atoms with Gasteiger partial charge in [0, 0.05) is 0 Å². The van der Waals surface area contributed by atoms with Crippen molar-refractivity contribution in [3.05, 3.63) is 30.3 Å². The fraction of sp³-hybridized carbons (Fsp3) is 0.571. The van der Waals surface area contributed by atoms with E-state index in [9.17, 15) is 0 Å². The predicted octanol–water partition coefficient (Wildman–Crippen LogP) is 3.83. The van der Waals surface area contributed by atoms with E-state index < -0.39 is 0 Å². The highest BCUT2D eigenvalue weighted by Gasteiger charge is 2.27. The minimum absolute atomic E-state index is 0.411. The molecular weight excluding hydrogens is 184 g/mol. The molecule has 1 nitrogen and oxygen atoms in total. The van der Waals surface area contributed by atoms with Crippen LogP contribution in [0.3, 0.4) is 0 Å². The molecule has 0 aliphatic heterocycles. The lowest BCUT2D eigenvalue weighted by Gasteiger charge is -2.34. The smallest absolute Gasteiger partial charge is 0.120 e. The summed E-state index contributed by atoms with van der Waals surface area (Å²) in [4.78, 5) is 0. The molecule has 81 valence electrons. The quantitative estimate of drug-likeness (QED) is 0.709. The van der Waals surface area contributed by atoms with Crippen LogP contribution in [0.15, 0.2) is 24.3 Å². The Balaban J connectivity index is 1.88. The summed E-state index contributed by atoms with van der Waals surface area (Å²) in [6, 6.07) is 10.8. The van der Waals surface area contributed by atoms with Gasteiger partial charge in [-0.3, -0.25) is 0 Å². The monoisotopic (exact) mass is 203 g/mol. The number of hydrogen-bond donors (Lipinski definition) is 0. The molecule has 1 radical (unpaired) electrons. The van der Waals surface area contributed by atoms with E-state index in [1.165, 1.54) is 25.7 Å². The van der Waals surface area contributed by atoms with Gasteiger partial charge in [0.25, 0.3) is 0 Å². The molecule has 15 heavy (non-hydrogen) atoms. The van der Waals surface area contributed by atoms with Crippen LogP contribution in [0.25, 0.3) is 0 Å². The molecule has 1 aliphatic rings. The molecule has 1 aromatic carbocycles. The number of hydrogen-bond acceptors (Lipinski definition) is 1. The molecule has 0 spiro atoms. The first-order chi connectivity index (χ1) is 7.16. The topological polar surface area (TPSA) is 9.23 Å². The highest BCUT2D eigenvalue weighted by Crippen LogP contribution is 2.36. The standard InChI is InChI=1S/C14H19O/c1-14(2)10-8-13(9-11-14)15-12-6-4-3-5-7-12/h3-4,6-7,13H,8-11H2,1-2H3. The molecular formula is C14H19O. The van der Waals surface area contributed by atoms with Crippen LogP contribution >= 0.6 is 0 Å². The average Bonchev–Trinajstić information content (AvgIpc) is 2.23. The summed E-state index contributed by atoms with van der Waals surface area (Å²) in [5, 5.41) is 0. The Morgan fingerprint density at radius 2 is 2.07 bits per heavy atom. The van der Waals surface area contributed by atoms with Crippen molar-refractivity contribution in [2.75, 3.05) is 0 Å². The molecule has 0 unspecified atom stereocenters. The minimum atomic E-state index is 0.411. The van der Waals surface area contributed by atoms with Crippen molar-refractivity contribution in [3.8, 4) is 5.75 Å². The van der Waals surface area contributed by atoms with Crippen LogP contribution in [0.1, 0.15) is 39.5 Å². The lowest BCUT2D eigenvalue weighted by atomic mass is 9.76. The zero-order chi connectivity index (χ0) is 10.7. The van der Waals surface area contributed by atoms with Crippen LogP contribution in [0.2, 0.25) is 0 Å². The maximum atomic E-state index is 5.92. The van der Waals surface area contributed by atoms with E-state index in [4.69, 9.17) is 4.74 Å². The van der Waals surface area contributed by atoms with Crippen molar-refractivity contribution < 1.29 is 4.74 Å². The summed E-state index contributed by atoms with van der Waals surface area (Å²) in [7, 11) is 0. The van der Waals surface area contributed by atoms with Gasteiger partial charge in [0.1, 0.15) is 5.75 Å². The summed E-state index contributed by atoms with van der Waals surface area (Å²) < 4.78 is 5.92. The van der Waals surface area contributed by atoms with Crippen LogP contribution in [0.4, 0.5) is 0 Å².